The number of anilines is 1. The van der Waals surface area contributed by atoms with Gasteiger partial charge >= 0.3 is 6.03 Å². The number of carbonyl (C=O) groups is 2. The molecular formula is C19H29N3O5. The average molecular weight is 379 g/mol. The maximum atomic E-state index is 12.5. The molecule has 150 valence electrons. The number of benzene rings is 1. The van der Waals surface area contributed by atoms with Crippen LogP contribution in [0.15, 0.2) is 24.3 Å². The Balaban J connectivity index is 0.000000817. The molecule has 2 heterocycles. The molecule has 2 atom stereocenters. The standard InChI is InChI=1S/C18H27N3O3.CH2O2/c1-3-4-15-12-24-13-16-11-20(9-10-21(15)16)18(22)19-14-5-7-17(23-2)8-6-14;2-1-3/h5-8,15-16H,3-4,9-13H2,1-2H3,(H,19,22);1H,(H,2,3)/t15-,16+;/m0./s1. The summed E-state index contributed by atoms with van der Waals surface area (Å²) in [6, 6.07) is 8.17. The van der Waals surface area contributed by atoms with E-state index >= 15 is 0 Å². The normalized spacial score (nSPS) is 22.1. The average Bonchev–Trinajstić information content (AvgIpc) is 2.69. The van der Waals surface area contributed by atoms with Crippen molar-refractivity contribution < 1.29 is 24.2 Å². The first-order valence-corrected chi connectivity index (χ1v) is 9.24. The van der Waals surface area contributed by atoms with Crippen molar-refractivity contribution in [2.75, 3.05) is 45.3 Å². The Morgan fingerprint density at radius 1 is 1.33 bits per heavy atom. The van der Waals surface area contributed by atoms with Gasteiger partial charge in [-0.2, -0.15) is 0 Å². The predicted octanol–water partition coefficient (Wildman–Crippen LogP) is 2.11. The Bertz CT molecular complexity index is 594. The van der Waals surface area contributed by atoms with E-state index in [9.17, 15) is 4.79 Å². The molecule has 2 fully saturated rings. The summed E-state index contributed by atoms with van der Waals surface area (Å²) in [5.74, 6) is 0.780. The Morgan fingerprint density at radius 3 is 2.67 bits per heavy atom. The Hall–Kier alpha value is -2.32. The number of carbonyl (C=O) groups excluding carboxylic acids is 1. The number of methoxy groups -OCH3 is 1. The second-order valence-corrected chi connectivity index (χ2v) is 6.58. The van der Waals surface area contributed by atoms with E-state index in [1.807, 2.05) is 29.2 Å². The van der Waals surface area contributed by atoms with Crippen LogP contribution >= 0.6 is 0 Å². The summed E-state index contributed by atoms with van der Waals surface area (Å²) in [5, 5.41) is 9.86. The van der Waals surface area contributed by atoms with E-state index in [1.54, 1.807) is 7.11 Å². The maximum absolute atomic E-state index is 12.5. The maximum Gasteiger partial charge on any atom is 0.321 e. The SMILES string of the molecule is CCC[C@H]1COC[C@H]2CN(C(=O)Nc3ccc(OC)cc3)CCN12.O=CO. The van der Waals surface area contributed by atoms with Gasteiger partial charge in [-0.05, 0) is 30.7 Å². The van der Waals surface area contributed by atoms with Crippen molar-refractivity contribution >= 4 is 18.2 Å². The lowest BCUT2D eigenvalue weighted by Gasteiger charge is -2.47. The molecule has 8 nitrogen and oxygen atoms in total. The predicted molar refractivity (Wildman–Crippen MR) is 102 cm³/mol. The first-order chi connectivity index (χ1) is 13.1. The number of piperazine rings is 1. The molecule has 0 aliphatic carbocycles. The number of fused-ring (bicyclic) bond motifs is 1. The molecule has 0 spiro atoms. The number of hydrogen-bond donors (Lipinski definition) is 2. The molecule has 2 amide bonds. The van der Waals surface area contributed by atoms with Crippen LogP contribution in [0.1, 0.15) is 19.8 Å². The molecule has 1 aromatic carbocycles. The van der Waals surface area contributed by atoms with E-state index in [4.69, 9.17) is 19.4 Å². The van der Waals surface area contributed by atoms with Gasteiger partial charge in [0.1, 0.15) is 5.75 Å². The molecule has 2 aliphatic heterocycles. The minimum Gasteiger partial charge on any atom is -0.497 e. The number of urea groups is 1. The zero-order valence-electron chi connectivity index (χ0n) is 16.0. The fourth-order valence-electron chi connectivity index (χ4n) is 3.58. The molecule has 2 N–H and O–H groups in total. The van der Waals surface area contributed by atoms with Crippen molar-refractivity contribution in [3.8, 4) is 5.75 Å². The first kappa shape index (κ1) is 21.0. The topological polar surface area (TPSA) is 91.3 Å². The highest BCUT2D eigenvalue weighted by atomic mass is 16.5. The summed E-state index contributed by atoms with van der Waals surface area (Å²) in [5.41, 5.74) is 0.784. The van der Waals surface area contributed by atoms with Gasteiger partial charge in [0.15, 0.2) is 0 Å². The molecule has 1 aromatic rings. The van der Waals surface area contributed by atoms with E-state index in [-0.39, 0.29) is 12.5 Å². The molecular weight excluding hydrogens is 350 g/mol. The van der Waals surface area contributed by atoms with Gasteiger partial charge in [-0.15, -0.1) is 0 Å². The largest absolute Gasteiger partial charge is 0.497 e. The highest BCUT2D eigenvalue weighted by Crippen LogP contribution is 2.22. The van der Waals surface area contributed by atoms with Crippen LogP contribution in [0.25, 0.3) is 0 Å². The van der Waals surface area contributed by atoms with Crippen molar-refractivity contribution in [3.63, 3.8) is 0 Å². The van der Waals surface area contributed by atoms with Crippen molar-refractivity contribution in [2.24, 2.45) is 0 Å². The van der Waals surface area contributed by atoms with Gasteiger partial charge in [-0.1, -0.05) is 13.3 Å². The van der Waals surface area contributed by atoms with Gasteiger partial charge in [-0.25, -0.2) is 4.79 Å². The summed E-state index contributed by atoms with van der Waals surface area (Å²) in [4.78, 5) is 25.3. The highest BCUT2D eigenvalue weighted by Gasteiger charge is 2.36. The van der Waals surface area contributed by atoms with Crippen LogP contribution in [0.2, 0.25) is 0 Å². The van der Waals surface area contributed by atoms with Crippen LogP contribution in [0.3, 0.4) is 0 Å². The number of carboxylic acid groups (broad SMARTS) is 1. The molecule has 0 saturated carbocycles. The molecule has 2 aliphatic rings. The molecule has 0 unspecified atom stereocenters. The minimum atomic E-state index is -0.250. The zero-order chi connectivity index (χ0) is 19.6. The fraction of sp³-hybridized carbons (Fsp3) is 0.579. The third kappa shape index (κ3) is 5.83. The van der Waals surface area contributed by atoms with Crippen molar-refractivity contribution in [2.45, 2.75) is 31.8 Å². The van der Waals surface area contributed by atoms with Gasteiger partial charge < -0.3 is 24.8 Å². The number of amides is 2. The molecule has 3 rings (SSSR count). The van der Waals surface area contributed by atoms with Crippen LogP contribution in [0.4, 0.5) is 10.5 Å². The van der Waals surface area contributed by atoms with Crippen LogP contribution in [0.5, 0.6) is 5.75 Å². The fourth-order valence-corrected chi connectivity index (χ4v) is 3.58. The third-order valence-corrected chi connectivity index (χ3v) is 4.87. The van der Waals surface area contributed by atoms with Crippen molar-refractivity contribution in [1.29, 1.82) is 0 Å². The van der Waals surface area contributed by atoms with Crippen LogP contribution < -0.4 is 10.1 Å². The van der Waals surface area contributed by atoms with Gasteiger partial charge in [0.2, 0.25) is 0 Å². The number of hydrogen-bond acceptors (Lipinski definition) is 5. The van der Waals surface area contributed by atoms with Gasteiger partial charge in [0, 0.05) is 31.4 Å². The number of morpholine rings is 1. The van der Waals surface area contributed by atoms with Crippen LogP contribution in [-0.2, 0) is 9.53 Å². The summed E-state index contributed by atoms with van der Waals surface area (Å²) in [6.45, 7) is 5.91. The van der Waals surface area contributed by atoms with Gasteiger partial charge in [0.25, 0.3) is 6.47 Å². The Kier molecular flexibility index (Phi) is 8.35. The van der Waals surface area contributed by atoms with E-state index in [0.717, 1.165) is 44.1 Å². The van der Waals surface area contributed by atoms with E-state index in [0.29, 0.717) is 18.7 Å². The zero-order valence-corrected chi connectivity index (χ0v) is 16.0. The Morgan fingerprint density at radius 2 is 2.04 bits per heavy atom. The van der Waals surface area contributed by atoms with Crippen LogP contribution in [-0.4, -0.2) is 79.5 Å². The highest BCUT2D eigenvalue weighted by molar-refractivity contribution is 5.89. The smallest absolute Gasteiger partial charge is 0.321 e. The summed E-state index contributed by atoms with van der Waals surface area (Å²) < 4.78 is 10.9. The summed E-state index contributed by atoms with van der Waals surface area (Å²) in [7, 11) is 1.63. The second-order valence-electron chi connectivity index (χ2n) is 6.58. The third-order valence-electron chi connectivity index (χ3n) is 4.87. The first-order valence-electron chi connectivity index (χ1n) is 9.24. The van der Waals surface area contributed by atoms with Crippen molar-refractivity contribution in [1.82, 2.24) is 9.80 Å². The number of rotatable bonds is 4. The van der Waals surface area contributed by atoms with Gasteiger partial charge in [0.05, 0.1) is 26.4 Å². The van der Waals surface area contributed by atoms with Crippen LogP contribution in [0, 0.1) is 0 Å². The number of ether oxygens (including phenoxy) is 2. The van der Waals surface area contributed by atoms with E-state index in [1.165, 1.54) is 6.42 Å². The lowest BCUT2D eigenvalue weighted by molar-refractivity contribution is -0.122. The quantitative estimate of drug-likeness (QED) is 0.779. The molecule has 0 radical (unpaired) electrons. The Labute approximate surface area is 160 Å². The monoisotopic (exact) mass is 379 g/mol. The van der Waals surface area contributed by atoms with E-state index in [2.05, 4.69) is 17.1 Å². The molecule has 27 heavy (non-hydrogen) atoms. The van der Waals surface area contributed by atoms with Gasteiger partial charge in [-0.3, -0.25) is 9.69 Å². The molecule has 0 bridgehead atoms. The number of nitrogens with zero attached hydrogens (tertiary/aromatic N) is 2. The van der Waals surface area contributed by atoms with E-state index < -0.39 is 0 Å². The molecule has 8 heteroatoms. The number of nitrogens with one attached hydrogen (secondary N) is 1. The lowest BCUT2D eigenvalue weighted by Crippen LogP contribution is -2.63. The molecule has 2 saturated heterocycles. The van der Waals surface area contributed by atoms with Crippen molar-refractivity contribution in [3.05, 3.63) is 24.3 Å². The minimum absolute atomic E-state index is 0.0440. The molecule has 0 aromatic heterocycles. The summed E-state index contributed by atoms with van der Waals surface area (Å²) >= 11 is 0. The summed E-state index contributed by atoms with van der Waals surface area (Å²) in [6.07, 6.45) is 2.33. The lowest BCUT2D eigenvalue weighted by atomic mass is 10.0. The second kappa shape index (κ2) is 10.7.